The van der Waals surface area contributed by atoms with Crippen LogP contribution in [0, 0.1) is 11.8 Å². The molecule has 0 saturated carbocycles. The van der Waals surface area contributed by atoms with E-state index in [1.807, 2.05) is 0 Å². The topological polar surface area (TPSA) is 83.8 Å². The number of ether oxygens (including phenoxy) is 1. The van der Waals surface area contributed by atoms with Crippen LogP contribution < -0.4 is 0 Å². The summed E-state index contributed by atoms with van der Waals surface area (Å²) >= 11 is 0. The molecule has 0 amide bonds. The molecule has 1 unspecified atom stereocenters. The fourth-order valence-electron chi connectivity index (χ4n) is 0.952. The molecular weight excluding hydrogens is 164 g/mol. The van der Waals surface area contributed by atoms with Gasteiger partial charge in [0.2, 0.25) is 0 Å². The molecule has 0 radical (unpaired) electrons. The zero-order valence-corrected chi connectivity index (χ0v) is 6.98. The van der Waals surface area contributed by atoms with Crippen molar-refractivity contribution < 1.29 is 24.5 Å². The van der Waals surface area contributed by atoms with Gasteiger partial charge in [0.1, 0.15) is 0 Å². The summed E-state index contributed by atoms with van der Waals surface area (Å²) < 4.78 is 4.66. The molecule has 1 atom stereocenters. The lowest BCUT2D eigenvalue weighted by Crippen LogP contribution is -2.31. The highest BCUT2D eigenvalue weighted by Gasteiger charge is 2.31. The largest absolute Gasteiger partial charge is 0.481 e. The van der Waals surface area contributed by atoms with Gasteiger partial charge in [0.25, 0.3) is 0 Å². The first kappa shape index (κ1) is 10.9. The average Bonchev–Trinajstić information content (AvgIpc) is 1.85. The lowest BCUT2D eigenvalue weighted by molar-refractivity contribution is -0.157. The van der Waals surface area contributed by atoms with Gasteiger partial charge in [0, 0.05) is 13.0 Å². The Bertz CT molecular complexity index is 163. The van der Waals surface area contributed by atoms with Gasteiger partial charge in [-0.3, -0.25) is 9.59 Å². The van der Waals surface area contributed by atoms with E-state index < -0.39 is 23.8 Å². The lowest BCUT2D eigenvalue weighted by atomic mass is 9.95. The summed E-state index contributed by atoms with van der Waals surface area (Å²) in [6.45, 7) is 1.65. The maximum atomic E-state index is 10.4. The van der Waals surface area contributed by atoms with Crippen molar-refractivity contribution >= 4 is 11.9 Å². The van der Waals surface area contributed by atoms with E-state index in [4.69, 9.17) is 10.2 Å². The van der Waals surface area contributed by atoms with Crippen LogP contribution in [0.15, 0.2) is 0 Å². The fraction of sp³-hybridized carbons (Fsp3) is 0.714. The van der Waals surface area contributed by atoms with Gasteiger partial charge in [0.05, 0.1) is 6.61 Å². The predicted molar refractivity (Wildman–Crippen MR) is 39.8 cm³/mol. The van der Waals surface area contributed by atoms with Crippen LogP contribution in [-0.4, -0.2) is 35.9 Å². The van der Waals surface area contributed by atoms with E-state index in [9.17, 15) is 9.59 Å². The van der Waals surface area contributed by atoms with Gasteiger partial charge in [-0.05, 0) is 0 Å². The molecule has 0 aromatic rings. The molecule has 0 aromatic heterocycles. The summed E-state index contributed by atoms with van der Waals surface area (Å²) in [5.74, 6) is -4.56. The van der Waals surface area contributed by atoms with Crippen LogP contribution in [0.4, 0.5) is 0 Å². The van der Waals surface area contributed by atoms with Crippen molar-refractivity contribution in [2.75, 3.05) is 13.7 Å². The smallest absolute Gasteiger partial charge is 0.318 e. The molecule has 5 nitrogen and oxygen atoms in total. The fourth-order valence-corrected chi connectivity index (χ4v) is 0.952. The number of carboxylic acids is 2. The highest BCUT2D eigenvalue weighted by atomic mass is 16.5. The Morgan fingerprint density at radius 2 is 1.75 bits per heavy atom. The number of hydrogen-bond donors (Lipinski definition) is 2. The van der Waals surface area contributed by atoms with Gasteiger partial charge in [-0.15, -0.1) is 0 Å². The van der Waals surface area contributed by atoms with Crippen molar-refractivity contribution in [2.24, 2.45) is 11.8 Å². The van der Waals surface area contributed by atoms with Gasteiger partial charge in [0.15, 0.2) is 5.92 Å². The maximum absolute atomic E-state index is 10.4. The summed E-state index contributed by atoms with van der Waals surface area (Å²) in [4.78, 5) is 20.8. The molecule has 0 aliphatic heterocycles. The van der Waals surface area contributed by atoms with E-state index in [0.29, 0.717) is 0 Å². The molecule has 5 heteroatoms. The molecule has 0 rings (SSSR count). The monoisotopic (exact) mass is 176 g/mol. The minimum atomic E-state index is -1.38. The first-order valence-electron chi connectivity index (χ1n) is 3.45. The van der Waals surface area contributed by atoms with Crippen molar-refractivity contribution in [3.63, 3.8) is 0 Å². The van der Waals surface area contributed by atoms with E-state index in [0.717, 1.165) is 0 Å². The molecule has 0 fully saturated rings. The van der Waals surface area contributed by atoms with Crippen molar-refractivity contribution in [1.29, 1.82) is 0 Å². The highest BCUT2D eigenvalue weighted by molar-refractivity contribution is 5.93. The van der Waals surface area contributed by atoms with Crippen LogP contribution in [0.5, 0.6) is 0 Å². The Hall–Kier alpha value is -1.10. The second-order valence-corrected chi connectivity index (χ2v) is 2.59. The molecule has 0 saturated heterocycles. The number of aliphatic carboxylic acids is 2. The Morgan fingerprint density at radius 3 is 2.00 bits per heavy atom. The molecule has 0 aromatic carbocycles. The van der Waals surface area contributed by atoms with E-state index in [2.05, 4.69) is 4.74 Å². The third-order valence-corrected chi connectivity index (χ3v) is 1.53. The number of carboxylic acid groups (broad SMARTS) is 2. The number of hydrogen-bond acceptors (Lipinski definition) is 3. The van der Waals surface area contributed by atoms with Crippen LogP contribution in [0.25, 0.3) is 0 Å². The molecule has 0 bridgehead atoms. The molecular formula is C7H12O5. The number of rotatable bonds is 5. The van der Waals surface area contributed by atoms with Gasteiger partial charge in [-0.25, -0.2) is 0 Å². The van der Waals surface area contributed by atoms with Crippen LogP contribution in [-0.2, 0) is 14.3 Å². The van der Waals surface area contributed by atoms with Crippen molar-refractivity contribution in [3.8, 4) is 0 Å². The Morgan fingerprint density at radius 1 is 1.33 bits per heavy atom. The SMILES string of the molecule is COCC(C)C(C(=O)O)C(=O)O. The highest BCUT2D eigenvalue weighted by Crippen LogP contribution is 2.12. The summed E-state index contributed by atoms with van der Waals surface area (Å²) in [5.41, 5.74) is 0. The minimum Gasteiger partial charge on any atom is -0.481 e. The summed E-state index contributed by atoms with van der Waals surface area (Å²) in [6.07, 6.45) is 0. The summed E-state index contributed by atoms with van der Waals surface area (Å²) in [7, 11) is 1.40. The molecule has 2 N–H and O–H groups in total. The average molecular weight is 176 g/mol. The van der Waals surface area contributed by atoms with Crippen molar-refractivity contribution in [3.05, 3.63) is 0 Å². The van der Waals surface area contributed by atoms with Gasteiger partial charge in [-0.1, -0.05) is 6.92 Å². The van der Waals surface area contributed by atoms with Gasteiger partial charge < -0.3 is 14.9 Å². The minimum absolute atomic E-state index is 0.128. The van der Waals surface area contributed by atoms with Crippen LogP contribution in [0.3, 0.4) is 0 Å². The Labute approximate surface area is 70.0 Å². The van der Waals surface area contributed by atoms with Crippen molar-refractivity contribution in [1.82, 2.24) is 0 Å². The van der Waals surface area contributed by atoms with Gasteiger partial charge in [-0.2, -0.15) is 0 Å². The summed E-state index contributed by atoms with van der Waals surface area (Å²) in [6, 6.07) is 0. The number of carbonyl (C=O) groups is 2. The standard InChI is InChI=1S/C7H12O5/c1-4(3-12-2)5(6(8)9)7(10)11/h4-5H,3H2,1-2H3,(H,8,9)(H,10,11). The molecule has 0 aliphatic carbocycles. The molecule has 70 valence electrons. The Balaban J connectivity index is 4.29. The van der Waals surface area contributed by atoms with E-state index in [1.165, 1.54) is 14.0 Å². The van der Waals surface area contributed by atoms with Crippen molar-refractivity contribution in [2.45, 2.75) is 6.92 Å². The van der Waals surface area contributed by atoms with E-state index in [-0.39, 0.29) is 6.61 Å². The first-order chi connectivity index (χ1) is 5.50. The van der Waals surface area contributed by atoms with Gasteiger partial charge >= 0.3 is 11.9 Å². The molecule has 0 heterocycles. The third-order valence-electron chi connectivity index (χ3n) is 1.53. The van der Waals surface area contributed by atoms with Crippen LogP contribution >= 0.6 is 0 Å². The number of methoxy groups -OCH3 is 1. The quantitative estimate of drug-likeness (QED) is 0.578. The zero-order valence-electron chi connectivity index (χ0n) is 6.98. The third kappa shape index (κ3) is 2.87. The second kappa shape index (κ2) is 4.71. The zero-order chi connectivity index (χ0) is 9.72. The van der Waals surface area contributed by atoms with Crippen LogP contribution in [0.2, 0.25) is 0 Å². The predicted octanol–water partition coefficient (Wildman–Crippen LogP) is 0.0543. The van der Waals surface area contributed by atoms with E-state index >= 15 is 0 Å². The van der Waals surface area contributed by atoms with E-state index in [1.54, 1.807) is 0 Å². The second-order valence-electron chi connectivity index (χ2n) is 2.59. The lowest BCUT2D eigenvalue weighted by Gasteiger charge is -2.14. The molecule has 12 heavy (non-hydrogen) atoms. The molecule has 0 aliphatic rings. The normalized spacial score (nSPS) is 12.9. The molecule has 0 spiro atoms. The first-order valence-corrected chi connectivity index (χ1v) is 3.45. The van der Waals surface area contributed by atoms with Crippen LogP contribution in [0.1, 0.15) is 6.92 Å². The Kier molecular flexibility index (Phi) is 4.28. The maximum Gasteiger partial charge on any atom is 0.318 e. The summed E-state index contributed by atoms with van der Waals surface area (Å²) in [5, 5.41) is 17.0.